The summed E-state index contributed by atoms with van der Waals surface area (Å²) < 4.78 is 15.0. The van der Waals surface area contributed by atoms with Gasteiger partial charge in [-0.15, -0.1) is 10.2 Å². The molecule has 2 rings (SSSR count). The van der Waals surface area contributed by atoms with E-state index in [0.29, 0.717) is 12.3 Å². The van der Waals surface area contributed by atoms with Gasteiger partial charge in [-0.1, -0.05) is 23.9 Å². The molecule has 1 N–H and O–H groups in total. The van der Waals surface area contributed by atoms with E-state index in [2.05, 4.69) is 20.3 Å². The summed E-state index contributed by atoms with van der Waals surface area (Å²) in [5.74, 6) is 0.705. The van der Waals surface area contributed by atoms with Crippen molar-refractivity contribution in [1.29, 1.82) is 0 Å². The summed E-state index contributed by atoms with van der Waals surface area (Å²) in [6.07, 6.45) is -0.335. The molecule has 128 valence electrons. The molecule has 0 saturated carbocycles. The average Bonchev–Trinajstić information content (AvgIpc) is 3.02. The molecule has 0 aliphatic carbocycles. The first-order valence-electron chi connectivity index (χ1n) is 7.02. The number of alkyl carbamates (subject to hydrolysis) is 1. The van der Waals surface area contributed by atoms with Gasteiger partial charge in [0.25, 0.3) is 5.22 Å². The first-order valence-corrected chi connectivity index (χ1v) is 7.90. The number of ether oxygens (including phenoxy) is 2. The summed E-state index contributed by atoms with van der Waals surface area (Å²) in [5, 5.41) is 9.60. The van der Waals surface area contributed by atoms with Gasteiger partial charge in [-0.2, -0.15) is 0 Å². The van der Waals surface area contributed by atoms with Gasteiger partial charge in [-0.25, -0.2) is 4.79 Å². The van der Waals surface area contributed by atoms with Gasteiger partial charge in [0.1, 0.15) is 5.75 Å². The maximum atomic E-state index is 11.7. The van der Waals surface area contributed by atoms with E-state index >= 15 is 0 Å². The van der Waals surface area contributed by atoms with Crippen LogP contribution in [0.3, 0.4) is 0 Å². The van der Waals surface area contributed by atoms with Crippen molar-refractivity contribution in [3.05, 3.63) is 35.7 Å². The Labute approximate surface area is 142 Å². The minimum Gasteiger partial charge on any atom is -0.497 e. The van der Waals surface area contributed by atoms with Gasteiger partial charge in [0.05, 0.1) is 25.9 Å². The van der Waals surface area contributed by atoms with E-state index < -0.39 is 17.3 Å². The summed E-state index contributed by atoms with van der Waals surface area (Å²) in [7, 11) is 2.79. The lowest BCUT2D eigenvalue weighted by Gasteiger charge is -2.07. The molecule has 8 nitrogen and oxygen atoms in total. The van der Waals surface area contributed by atoms with E-state index in [4.69, 9.17) is 9.15 Å². The molecule has 0 aliphatic rings. The molecule has 0 fully saturated rings. The van der Waals surface area contributed by atoms with Crippen LogP contribution in [0.15, 0.2) is 33.9 Å². The fourth-order valence-electron chi connectivity index (χ4n) is 1.73. The third-order valence-corrected chi connectivity index (χ3v) is 3.95. The second-order valence-corrected chi connectivity index (χ2v) is 6.02. The van der Waals surface area contributed by atoms with Crippen molar-refractivity contribution in [1.82, 2.24) is 15.5 Å². The zero-order chi connectivity index (χ0) is 17.5. The molecular formula is C15H17N3O5S. The number of hydrogen-bond donors (Lipinski definition) is 1. The third-order valence-electron chi connectivity index (χ3n) is 3.02. The number of methoxy groups -OCH3 is 2. The molecule has 1 aromatic carbocycles. The van der Waals surface area contributed by atoms with Crippen LogP contribution in [0.5, 0.6) is 5.75 Å². The standard InChI is InChI=1S/C15H17N3O5S/c1-9(13(19)16-14(20)22-3)24-15-18-17-12(23-15)8-10-4-6-11(21-2)7-5-10/h4-7,9H,8H2,1-3H3,(H,16,19,20)/t9-/m1/s1. The molecule has 1 aromatic heterocycles. The first kappa shape index (κ1) is 17.8. The van der Waals surface area contributed by atoms with Crippen LogP contribution in [0.1, 0.15) is 18.4 Å². The molecule has 24 heavy (non-hydrogen) atoms. The van der Waals surface area contributed by atoms with Crippen molar-refractivity contribution in [2.24, 2.45) is 0 Å². The van der Waals surface area contributed by atoms with Gasteiger partial charge < -0.3 is 13.9 Å². The Hall–Kier alpha value is -2.55. The number of benzene rings is 1. The predicted molar refractivity (Wildman–Crippen MR) is 86.0 cm³/mol. The van der Waals surface area contributed by atoms with E-state index in [9.17, 15) is 9.59 Å². The Morgan fingerprint density at radius 2 is 1.96 bits per heavy atom. The Morgan fingerprint density at radius 1 is 1.25 bits per heavy atom. The number of amides is 2. The highest BCUT2D eigenvalue weighted by Crippen LogP contribution is 2.23. The van der Waals surface area contributed by atoms with Crippen molar-refractivity contribution in [2.45, 2.75) is 23.8 Å². The molecule has 0 unspecified atom stereocenters. The number of nitrogens with one attached hydrogen (secondary N) is 1. The van der Waals surface area contributed by atoms with E-state index in [1.165, 1.54) is 7.11 Å². The SMILES string of the molecule is COC(=O)NC(=O)[C@@H](C)Sc1nnc(Cc2ccc(OC)cc2)o1. The number of thioether (sulfide) groups is 1. The Morgan fingerprint density at radius 3 is 2.58 bits per heavy atom. The average molecular weight is 351 g/mol. The topological polar surface area (TPSA) is 104 Å². The Bertz CT molecular complexity index is 701. The number of rotatable bonds is 6. The summed E-state index contributed by atoms with van der Waals surface area (Å²) >= 11 is 1.06. The van der Waals surface area contributed by atoms with Crippen LogP contribution in [-0.2, 0) is 16.0 Å². The van der Waals surface area contributed by atoms with Crippen molar-refractivity contribution in [3.8, 4) is 5.75 Å². The zero-order valence-electron chi connectivity index (χ0n) is 13.4. The lowest BCUT2D eigenvalue weighted by atomic mass is 10.1. The molecule has 1 heterocycles. The zero-order valence-corrected chi connectivity index (χ0v) is 14.3. The molecule has 9 heteroatoms. The minimum atomic E-state index is -0.807. The third kappa shape index (κ3) is 4.98. The van der Waals surface area contributed by atoms with Crippen LogP contribution < -0.4 is 10.1 Å². The number of carbonyl (C=O) groups is 2. The van der Waals surface area contributed by atoms with Gasteiger partial charge in [-0.3, -0.25) is 10.1 Å². The Kier molecular flexibility index (Phi) is 6.19. The minimum absolute atomic E-state index is 0.256. The first-order chi connectivity index (χ1) is 11.5. The number of nitrogens with zero attached hydrogens (tertiary/aromatic N) is 2. The monoisotopic (exact) mass is 351 g/mol. The number of hydrogen-bond acceptors (Lipinski definition) is 8. The van der Waals surface area contributed by atoms with Gasteiger partial charge in [0.2, 0.25) is 11.8 Å². The van der Waals surface area contributed by atoms with E-state index in [0.717, 1.165) is 23.1 Å². The molecule has 2 aromatic rings. The second kappa shape index (κ2) is 8.34. The fraction of sp³-hybridized carbons (Fsp3) is 0.333. The van der Waals surface area contributed by atoms with Crippen molar-refractivity contribution >= 4 is 23.8 Å². The number of aromatic nitrogens is 2. The lowest BCUT2D eigenvalue weighted by molar-refractivity contribution is -0.119. The van der Waals surface area contributed by atoms with Crippen LogP contribution in [0.25, 0.3) is 0 Å². The number of carbonyl (C=O) groups excluding carboxylic acids is 2. The summed E-state index contributed by atoms with van der Waals surface area (Å²) in [4.78, 5) is 22.7. The fourth-order valence-corrected chi connectivity index (χ4v) is 2.43. The smallest absolute Gasteiger partial charge is 0.413 e. The molecule has 2 amide bonds. The molecule has 1 atom stereocenters. The largest absolute Gasteiger partial charge is 0.497 e. The highest BCUT2D eigenvalue weighted by Gasteiger charge is 2.20. The maximum Gasteiger partial charge on any atom is 0.413 e. The maximum absolute atomic E-state index is 11.7. The normalized spacial score (nSPS) is 11.6. The highest BCUT2D eigenvalue weighted by atomic mass is 32.2. The summed E-state index contributed by atoms with van der Waals surface area (Å²) in [5.41, 5.74) is 0.993. The predicted octanol–water partition coefficient (Wildman–Crippen LogP) is 2.03. The second-order valence-electron chi connectivity index (χ2n) is 4.73. The van der Waals surface area contributed by atoms with Crippen LogP contribution in [0.2, 0.25) is 0 Å². The van der Waals surface area contributed by atoms with Gasteiger partial charge >= 0.3 is 6.09 Å². The van der Waals surface area contributed by atoms with Crippen molar-refractivity contribution in [2.75, 3.05) is 14.2 Å². The molecule has 0 spiro atoms. The van der Waals surface area contributed by atoms with Crippen LogP contribution >= 0.6 is 11.8 Å². The molecule has 0 radical (unpaired) electrons. The van der Waals surface area contributed by atoms with Crippen LogP contribution in [0.4, 0.5) is 4.79 Å². The van der Waals surface area contributed by atoms with Gasteiger partial charge in [0, 0.05) is 0 Å². The van der Waals surface area contributed by atoms with E-state index in [1.54, 1.807) is 14.0 Å². The van der Waals surface area contributed by atoms with Crippen molar-refractivity contribution in [3.63, 3.8) is 0 Å². The van der Waals surface area contributed by atoms with Crippen LogP contribution in [-0.4, -0.2) is 41.7 Å². The van der Waals surface area contributed by atoms with Gasteiger partial charge in [0.15, 0.2) is 0 Å². The summed E-state index contributed by atoms with van der Waals surface area (Å²) in [6.45, 7) is 1.62. The molecular weight excluding hydrogens is 334 g/mol. The van der Waals surface area contributed by atoms with E-state index in [1.807, 2.05) is 24.3 Å². The molecule has 0 bridgehead atoms. The van der Waals surface area contributed by atoms with E-state index in [-0.39, 0.29) is 5.22 Å². The summed E-state index contributed by atoms with van der Waals surface area (Å²) in [6, 6.07) is 7.51. The van der Waals surface area contributed by atoms with Crippen LogP contribution in [0, 0.1) is 0 Å². The Balaban J connectivity index is 1.92. The lowest BCUT2D eigenvalue weighted by Crippen LogP contribution is -2.35. The quantitative estimate of drug-likeness (QED) is 0.789. The molecule has 0 saturated heterocycles. The highest BCUT2D eigenvalue weighted by molar-refractivity contribution is 8.00. The molecule has 0 aliphatic heterocycles. The number of imide groups is 1. The van der Waals surface area contributed by atoms with Gasteiger partial charge in [-0.05, 0) is 24.6 Å². The van der Waals surface area contributed by atoms with Crippen molar-refractivity contribution < 1.29 is 23.5 Å².